The van der Waals surface area contributed by atoms with E-state index in [9.17, 15) is 4.79 Å². The quantitative estimate of drug-likeness (QED) is 0.617. The Morgan fingerprint density at radius 3 is 2.95 bits per heavy atom. The van der Waals surface area contributed by atoms with Crippen LogP contribution in [0.1, 0.15) is 29.0 Å². The fourth-order valence-corrected chi connectivity index (χ4v) is 1.85. The van der Waals surface area contributed by atoms with Gasteiger partial charge in [-0.05, 0) is 25.1 Å². The summed E-state index contributed by atoms with van der Waals surface area (Å²) in [7, 11) is 0. The first kappa shape index (κ1) is 14.8. The Labute approximate surface area is 122 Å². The minimum absolute atomic E-state index is 0.315. The first-order chi connectivity index (χ1) is 10.1. The summed E-state index contributed by atoms with van der Waals surface area (Å²) in [5.41, 5.74) is 7.31. The topological polar surface area (TPSA) is 103 Å². The van der Waals surface area contributed by atoms with Gasteiger partial charge in [-0.2, -0.15) is 4.98 Å². The number of rotatable bonds is 6. The molecule has 0 bridgehead atoms. The predicted octanol–water partition coefficient (Wildman–Crippen LogP) is 1.79. The van der Waals surface area contributed by atoms with Crippen LogP contribution < -0.4 is 11.1 Å². The lowest BCUT2D eigenvalue weighted by Crippen LogP contribution is -2.12. The van der Waals surface area contributed by atoms with E-state index >= 15 is 0 Å². The fourth-order valence-electron chi connectivity index (χ4n) is 1.85. The van der Waals surface area contributed by atoms with Gasteiger partial charge in [-0.3, -0.25) is 0 Å². The smallest absolute Gasteiger partial charge is 0.340 e. The van der Waals surface area contributed by atoms with Gasteiger partial charge in [0.1, 0.15) is 0 Å². The largest absolute Gasteiger partial charge is 0.462 e. The maximum Gasteiger partial charge on any atom is 0.340 e. The predicted molar refractivity (Wildman–Crippen MR) is 78.0 cm³/mol. The van der Waals surface area contributed by atoms with Gasteiger partial charge in [0.2, 0.25) is 5.89 Å². The van der Waals surface area contributed by atoms with Gasteiger partial charge < -0.3 is 20.3 Å². The third kappa shape index (κ3) is 3.95. The van der Waals surface area contributed by atoms with Gasteiger partial charge in [0.05, 0.1) is 12.2 Å². The normalized spacial score (nSPS) is 10.4. The average Bonchev–Trinajstić information content (AvgIpc) is 2.86. The van der Waals surface area contributed by atoms with Gasteiger partial charge in [-0.1, -0.05) is 5.16 Å². The summed E-state index contributed by atoms with van der Waals surface area (Å²) in [5, 5.41) is 6.97. The first-order valence-electron chi connectivity index (χ1n) is 6.70. The highest BCUT2D eigenvalue weighted by molar-refractivity contribution is 5.96. The molecule has 0 fully saturated rings. The monoisotopic (exact) mass is 290 g/mol. The molecule has 21 heavy (non-hydrogen) atoms. The molecule has 0 atom stereocenters. The highest BCUT2D eigenvalue weighted by Gasteiger charge is 2.13. The molecule has 0 saturated heterocycles. The molecular formula is C14H18N4O3. The van der Waals surface area contributed by atoms with Gasteiger partial charge in [-0.15, -0.1) is 0 Å². The number of ether oxygens (including phenoxy) is 1. The molecule has 7 heteroatoms. The third-order valence-corrected chi connectivity index (χ3v) is 2.77. The van der Waals surface area contributed by atoms with Gasteiger partial charge in [0.25, 0.3) is 0 Å². The van der Waals surface area contributed by atoms with Crippen molar-refractivity contribution in [2.75, 3.05) is 24.2 Å². The van der Waals surface area contributed by atoms with Crippen molar-refractivity contribution in [2.24, 2.45) is 0 Å². The highest BCUT2D eigenvalue weighted by atomic mass is 16.5. The van der Waals surface area contributed by atoms with Crippen LogP contribution in [0.5, 0.6) is 0 Å². The molecule has 0 aliphatic heterocycles. The number of esters is 1. The van der Waals surface area contributed by atoms with Crippen molar-refractivity contribution in [3.63, 3.8) is 0 Å². The Balaban J connectivity index is 2.03. The van der Waals surface area contributed by atoms with Crippen LogP contribution in [0.3, 0.4) is 0 Å². The van der Waals surface area contributed by atoms with E-state index in [0.29, 0.717) is 48.2 Å². The van der Waals surface area contributed by atoms with E-state index in [4.69, 9.17) is 15.0 Å². The zero-order valence-electron chi connectivity index (χ0n) is 12.0. The molecule has 1 aromatic heterocycles. The van der Waals surface area contributed by atoms with Gasteiger partial charge in [-0.25, -0.2) is 4.79 Å². The second-order valence-electron chi connectivity index (χ2n) is 4.43. The number of carbonyl (C=O) groups excluding carboxylic acids is 1. The number of nitrogens with two attached hydrogens (primary N) is 1. The van der Waals surface area contributed by atoms with Crippen molar-refractivity contribution in [3.05, 3.63) is 35.5 Å². The molecule has 2 aromatic rings. The summed E-state index contributed by atoms with van der Waals surface area (Å²) in [4.78, 5) is 16.0. The van der Waals surface area contributed by atoms with E-state index in [1.807, 2.05) is 0 Å². The van der Waals surface area contributed by atoms with Crippen LogP contribution in [0.2, 0.25) is 0 Å². The fraction of sp³-hybridized carbons (Fsp3) is 0.357. The second kappa shape index (κ2) is 6.74. The maximum atomic E-state index is 11.9. The number of benzene rings is 1. The number of nitrogens with zero attached hydrogens (tertiary/aromatic N) is 2. The van der Waals surface area contributed by atoms with E-state index in [0.717, 1.165) is 0 Å². The molecule has 112 valence electrons. The van der Waals surface area contributed by atoms with Crippen molar-refractivity contribution in [1.29, 1.82) is 0 Å². The minimum Gasteiger partial charge on any atom is -0.462 e. The number of aromatic nitrogens is 2. The van der Waals surface area contributed by atoms with Crippen LogP contribution in [0.25, 0.3) is 0 Å². The molecule has 0 spiro atoms. The maximum absolute atomic E-state index is 11.9. The number of nitrogen functional groups attached to an aromatic ring is 1. The number of hydrogen-bond acceptors (Lipinski definition) is 7. The lowest BCUT2D eigenvalue weighted by molar-refractivity contribution is 0.0527. The lowest BCUT2D eigenvalue weighted by atomic mass is 10.1. The van der Waals surface area contributed by atoms with Gasteiger partial charge in [0.15, 0.2) is 5.82 Å². The zero-order chi connectivity index (χ0) is 15.2. The molecular weight excluding hydrogens is 272 g/mol. The van der Waals surface area contributed by atoms with E-state index < -0.39 is 5.97 Å². The Morgan fingerprint density at radius 2 is 2.29 bits per heavy atom. The molecule has 0 amide bonds. The summed E-state index contributed by atoms with van der Waals surface area (Å²) in [6.45, 7) is 4.38. The van der Waals surface area contributed by atoms with Crippen molar-refractivity contribution in [2.45, 2.75) is 20.3 Å². The molecule has 1 aromatic carbocycles. The Bertz CT molecular complexity index is 624. The van der Waals surface area contributed by atoms with E-state index in [1.165, 1.54) is 0 Å². The molecule has 0 unspecified atom stereocenters. The highest BCUT2D eigenvalue weighted by Crippen LogP contribution is 2.20. The molecule has 0 aliphatic rings. The second-order valence-corrected chi connectivity index (χ2v) is 4.43. The summed E-state index contributed by atoms with van der Waals surface area (Å²) in [6.07, 6.45) is 0.587. The van der Waals surface area contributed by atoms with Crippen molar-refractivity contribution < 1.29 is 14.1 Å². The SMILES string of the molecule is CCOC(=O)c1cc(N)ccc1NCCc1noc(C)n1. The zero-order valence-corrected chi connectivity index (χ0v) is 12.0. The van der Waals surface area contributed by atoms with Crippen LogP contribution in [0, 0.1) is 6.92 Å². The molecule has 3 N–H and O–H groups in total. The summed E-state index contributed by atoms with van der Waals surface area (Å²) >= 11 is 0. The Kier molecular flexibility index (Phi) is 4.76. The van der Waals surface area contributed by atoms with Crippen molar-refractivity contribution in [3.8, 4) is 0 Å². The molecule has 0 saturated carbocycles. The van der Waals surface area contributed by atoms with Crippen molar-refractivity contribution >= 4 is 17.3 Å². The van der Waals surface area contributed by atoms with Crippen LogP contribution in [0.15, 0.2) is 22.7 Å². The number of aryl methyl sites for hydroxylation is 1. The minimum atomic E-state index is -0.400. The number of nitrogens with one attached hydrogen (secondary N) is 1. The number of carbonyl (C=O) groups is 1. The van der Waals surface area contributed by atoms with Crippen molar-refractivity contribution in [1.82, 2.24) is 10.1 Å². The standard InChI is InChI=1S/C14H18N4O3/c1-3-20-14(19)11-8-10(15)4-5-12(11)16-7-6-13-17-9(2)21-18-13/h4-5,8,16H,3,6-7,15H2,1-2H3. The van der Waals surface area contributed by atoms with E-state index in [-0.39, 0.29) is 0 Å². The molecule has 2 rings (SSSR count). The first-order valence-corrected chi connectivity index (χ1v) is 6.70. The molecule has 0 aliphatic carbocycles. The third-order valence-electron chi connectivity index (χ3n) is 2.77. The van der Waals surface area contributed by atoms with Crippen LogP contribution >= 0.6 is 0 Å². The molecule has 7 nitrogen and oxygen atoms in total. The van der Waals surface area contributed by atoms with E-state index in [1.54, 1.807) is 32.0 Å². The van der Waals surface area contributed by atoms with E-state index in [2.05, 4.69) is 15.5 Å². The molecule has 1 heterocycles. The summed E-state index contributed by atoms with van der Waals surface area (Å²) in [6, 6.07) is 5.07. The lowest BCUT2D eigenvalue weighted by Gasteiger charge is -2.11. The summed E-state index contributed by atoms with van der Waals surface area (Å²) < 4.78 is 9.91. The van der Waals surface area contributed by atoms with Gasteiger partial charge >= 0.3 is 5.97 Å². The van der Waals surface area contributed by atoms with Crippen LogP contribution in [-0.4, -0.2) is 29.3 Å². The average molecular weight is 290 g/mol. The van der Waals surface area contributed by atoms with Crippen LogP contribution in [0.4, 0.5) is 11.4 Å². The Hall–Kier alpha value is -2.57. The number of anilines is 2. The summed E-state index contributed by atoms with van der Waals surface area (Å²) in [5.74, 6) is 0.750. The molecule has 0 radical (unpaired) electrons. The Morgan fingerprint density at radius 1 is 1.48 bits per heavy atom. The van der Waals surface area contributed by atoms with Gasteiger partial charge in [0, 0.05) is 31.3 Å². The van der Waals surface area contributed by atoms with Crippen LogP contribution in [-0.2, 0) is 11.2 Å². The number of hydrogen-bond donors (Lipinski definition) is 2.